The maximum absolute atomic E-state index is 11.3. The highest BCUT2D eigenvalue weighted by molar-refractivity contribution is 6.76. The molecule has 0 bridgehead atoms. The van der Waals surface area contributed by atoms with E-state index >= 15 is 0 Å². The average Bonchev–Trinajstić information content (AvgIpc) is 3.66. The summed E-state index contributed by atoms with van der Waals surface area (Å²) in [6.45, 7) is 22.2. The number of hydrogen-bond acceptors (Lipinski definition) is 8. The van der Waals surface area contributed by atoms with Crippen LogP contribution in [0.2, 0.25) is 51.4 Å². The number of nitrogens with one attached hydrogen (secondary N) is 2. The smallest absolute Gasteiger partial charge is 0.419 e. The van der Waals surface area contributed by atoms with Crippen molar-refractivity contribution >= 4 is 22.2 Å². The highest BCUT2D eigenvalue weighted by Gasteiger charge is 2.12. The predicted molar refractivity (Wildman–Crippen MR) is 160 cm³/mol. The first kappa shape index (κ1) is 36.4. The lowest BCUT2D eigenvalue weighted by atomic mass is 10.5. The Morgan fingerprint density at radius 2 is 1.38 bits per heavy atom. The summed E-state index contributed by atoms with van der Waals surface area (Å²) in [6.07, 6.45) is 7.16. The summed E-state index contributed by atoms with van der Waals surface area (Å²) in [5.41, 5.74) is 1.50. The van der Waals surface area contributed by atoms with Gasteiger partial charge >= 0.3 is 6.09 Å². The molecule has 3 rings (SSSR count). The molecule has 222 valence electrons. The van der Waals surface area contributed by atoms with Crippen LogP contribution >= 0.6 is 0 Å². The molecule has 3 aromatic heterocycles. The molecule has 0 aliphatic rings. The monoisotopic (exact) mass is 582 g/mol. The first-order chi connectivity index (χ1) is 18.4. The van der Waals surface area contributed by atoms with Crippen LogP contribution in [0.15, 0.2) is 43.2 Å². The van der Waals surface area contributed by atoms with Crippen LogP contribution in [0, 0.1) is 0 Å². The van der Waals surface area contributed by atoms with Gasteiger partial charge in [0.05, 0.1) is 18.0 Å². The molecule has 0 amide bonds. The first-order valence-electron chi connectivity index (χ1n) is 13.3. The molecule has 0 atom stereocenters. The second-order valence-electron chi connectivity index (χ2n) is 10.9. The second-order valence-corrected chi connectivity index (χ2v) is 22.1. The Labute approximate surface area is 235 Å². The van der Waals surface area contributed by atoms with Gasteiger partial charge in [0, 0.05) is 67.4 Å². The van der Waals surface area contributed by atoms with E-state index in [1.54, 1.807) is 24.5 Å². The van der Waals surface area contributed by atoms with E-state index in [2.05, 4.69) is 64.7 Å². The molecule has 0 aliphatic heterocycles. The number of aromatic amines is 2. The van der Waals surface area contributed by atoms with Gasteiger partial charge in [0.15, 0.2) is 0 Å². The highest BCUT2D eigenvalue weighted by Crippen LogP contribution is 2.07. The molecule has 3 heterocycles. The van der Waals surface area contributed by atoms with Gasteiger partial charge in [-0.25, -0.2) is 14.3 Å². The Hall–Kier alpha value is -2.59. The molecule has 39 heavy (non-hydrogen) atoms. The standard InChI is InChI=1S/C8H8N4O2.2C7H18OSi.C4H6N2O/c13-8(12-4-3-9-6-12)14-5-7-1-2-10-11-7;2*1-5-8-6-7-9(2,3)4;7-3-4-1-2-5-6-4/h1-4,6H,5H2,(H,10,11);2*5-7H2,1-4H3;1-2,7H,3H2,(H,5,6). The van der Waals surface area contributed by atoms with Crippen molar-refractivity contribution in [1.82, 2.24) is 29.9 Å². The van der Waals surface area contributed by atoms with E-state index < -0.39 is 22.2 Å². The molecule has 0 saturated heterocycles. The lowest BCUT2D eigenvalue weighted by Gasteiger charge is -2.14. The van der Waals surface area contributed by atoms with Gasteiger partial charge in [-0.1, -0.05) is 39.3 Å². The van der Waals surface area contributed by atoms with Crippen molar-refractivity contribution in [2.24, 2.45) is 0 Å². The van der Waals surface area contributed by atoms with E-state index in [1.165, 1.54) is 35.4 Å². The molecule has 0 fully saturated rings. The van der Waals surface area contributed by atoms with Crippen molar-refractivity contribution in [3.8, 4) is 0 Å². The van der Waals surface area contributed by atoms with Crippen molar-refractivity contribution in [1.29, 1.82) is 0 Å². The van der Waals surface area contributed by atoms with E-state index in [4.69, 9.17) is 19.3 Å². The SMILES string of the molecule is CCOCC[Si](C)(C)C.CCOCC[Si](C)(C)C.O=C(OCc1ccn[nH]1)n1ccnc1.OCc1ccn[nH]1. The molecular formula is C26H50N6O5Si2. The number of aromatic nitrogens is 6. The summed E-state index contributed by atoms with van der Waals surface area (Å²) in [5.74, 6) is 0. The third-order valence-corrected chi connectivity index (χ3v) is 8.16. The lowest BCUT2D eigenvalue weighted by molar-refractivity contribution is 0.140. The van der Waals surface area contributed by atoms with E-state index in [0.717, 1.165) is 37.8 Å². The predicted octanol–water partition coefficient (Wildman–Crippen LogP) is 5.42. The Bertz CT molecular complexity index is 905. The lowest BCUT2D eigenvalue weighted by Crippen LogP contribution is -2.21. The van der Waals surface area contributed by atoms with Gasteiger partial charge in [-0.05, 0) is 38.1 Å². The summed E-state index contributed by atoms with van der Waals surface area (Å²) in [5, 5.41) is 21.0. The van der Waals surface area contributed by atoms with Crippen molar-refractivity contribution in [2.75, 3.05) is 26.4 Å². The Kier molecular flexibility index (Phi) is 19.9. The van der Waals surface area contributed by atoms with Gasteiger partial charge in [0.2, 0.25) is 0 Å². The zero-order chi connectivity index (χ0) is 29.6. The number of carbonyl (C=O) groups is 1. The van der Waals surface area contributed by atoms with Crippen LogP contribution < -0.4 is 0 Å². The Balaban J connectivity index is 0.000000514. The van der Waals surface area contributed by atoms with E-state index in [9.17, 15) is 4.79 Å². The molecule has 3 N–H and O–H groups in total. The average molecular weight is 583 g/mol. The van der Waals surface area contributed by atoms with E-state index in [0.29, 0.717) is 0 Å². The van der Waals surface area contributed by atoms with E-state index in [1.807, 2.05) is 13.8 Å². The van der Waals surface area contributed by atoms with Crippen molar-refractivity contribution in [2.45, 2.75) is 78.4 Å². The number of rotatable bonds is 11. The zero-order valence-corrected chi connectivity index (χ0v) is 27.1. The van der Waals surface area contributed by atoms with Gasteiger partial charge in [-0.3, -0.25) is 10.2 Å². The number of aliphatic hydroxyl groups is 1. The summed E-state index contributed by atoms with van der Waals surface area (Å²) in [4.78, 5) is 15.0. The summed E-state index contributed by atoms with van der Waals surface area (Å²) in [6, 6.07) is 6.04. The van der Waals surface area contributed by atoms with Gasteiger partial charge in [0.1, 0.15) is 12.9 Å². The number of hydrogen-bond donors (Lipinski definition) is 3. The molecule has 11 nitrogen and oxygen atoms in total. The fraction of sp³-hybridized carbons (Fsp3) is 0.615. The first-order valence-corrected chi connectivity index (χ1v) is 20.7. The fourth-order valence-electron chi connectivity index (χ4n) is 2.36. The third kappa shape index (κ3) is 23.1. The molecule has 3 aromatic rings. The molecule has 0 aromatic carbocycles. The minimum absolute atomic E-state index is 0.0417. The largest absolute Gasteiger partial charge is 0.442 e. The maximum Gasteiger partial charge on any atom is 0.419 e. The quantitative estimate of drug-likeness (QED) is 0.201. The maximum atomic E-state index is 11.3. The van der Waals surface area contributed by atoms with Crippen LogP contribution in [-0.2, 0) is 27.4 Å². The molecule has 0 saturated carbocycles. The fourth-order valence-corrected chi connectivity index (χ4v) is 3.88. The third-order valence-electron chi connectivity index (χ3n) is 4.75. The van der Waals surface area contributed by atoms with Crippen molar-refractivity contribution in [3.63, 3.8) is 0 Å². The number of aliphatic hydroxyl groups excluding tert-OH is 1. The van der Waals surface area contributed by atoms with E-state index in [-0.39, 0.29) is 13.2 Å². The number of ether oxygens (including phenoxy) is 3. The van der Waals surface area contributed by atoms with Crippen LogP contribution in [0.25, 0.3) is 0 Å². The van der Waals surface area contributed by atoms with Crippen LogP contribution in [0.3, 0.4) is 0 Å². The van der Waals surface area contributed by atoms with Crippen molar-refractivity contribution in [3.05, 3.63) is 54.6 Å². The zero-order valence-electron chi connectivity index (χ0n) is 25.1. The number of H-pyrrole nitrogens is 2. The number of carbonyl (C=O) groups excluding carboxylic acids is 1. The number of nitrogens with zero attached hydrogens (tertiary/aromatic N) is 4. The summed E-state index contributed by atoms with van der Waals surface area (Å²) in [7, 11) is -1.64. The highest BCUT2D eigenvalue weighted by atomic mass is 28.3. The normalized spacial score (nSPS) is 10.8. The van der Waals surface area contributed by atoms with Crippen LogP contribution in [-0.4, -0.2) is 83.7 Å². The van der Waals surface area contributed by atoms with Crippen LogP contribution in [0.4, 0.5) is 4.79 Å². The Morgan fingerprint density at radius 1 is 0.872 bits per heavy atom. The summed E-state index contributed by atoms with van der Waals surface area (Å²) >= 11 is 0. The number of imidazole rings is 1. The van der Waals surface area contributed by atoms with Crippen molar-refractivity contribution < 1.29 is 24.1 Å². The minimum atomic E-state index is -0.819. The second kappa shape index (κ2) is 21.3. The molecule has 0 aliphatic carbocycles. The minimum Gasteiger partial charge on any atom is -0.442 e. The van der Waals surface area contributed by atoms with Gasteiger partial charge in [-0.2, -0.15) is 10.2 Å². The van der Waals surface area contributed by atoms with Gasteiger partial charge in [-0.15, -0.1) is 0 Å². The van der Waals surface area contributed by atoms with Gasteiger partial charge < -0.3 is 19.3 Å². The topological polar surface area (TPSA) is 140 Å². The van der Waals surface area contributed by atoms with Gasteiger partial charge in [0.25, 0.3) is 0 Å². The molecule has 13 heteroatoms. The molecular weight excluding hydrogens is 532 g/mol. The van der Waals surface area contributed by atoms with Crippen LogP contribution in [0.5, 0.6) is 0 Å². The molecule has 0 unspecified atom stereocenters. The molecule has 0 spiro atoms. The summed E-state index contributed by atoms with van der Waals surface area (Å²) < 4.78 is 16.7. The van der Waals surface area contributed by atoms with Crippen LogP contribution in [0.1, 0.15) is 25.2 Å². The Morgan fingerprint density at radius 3 is 1.72 bits per heavy atom. The molecule has 0 radical (unpaired) electrons.